The van der Waals surface area contributed by atoms with Gasteiger partial charge in [-0.25, -0.2) is 0 Å². The molecule has 1 fully saturated rings. The van der Waals surface area contributed by atoms with Gasteiger partial charge in [0.2, 0.25) is 0 Å². The Bertz CT molecular complexity index is 333. The molecule has 2 rings (SSSR count). The maximum absolute atomic E-state index is 5.92. The lowest BCUT2D eigenvalue weighted by molar-refractivity contribution is 0.570. The lowest BCUT2D eigenvalue weighted by atomic mass is 10.2. The first-order chi connectivity index (χ1) is 7.15. The van der Waals surface area contributed by atoms with E-state index < -0.39 is 0 Å². The minimum atomic E-state index is 0.423. The topological polar surface area (TPSA) is 12.0 Å². The van der Waals surface area contributed by atoms with Gasteiger partial charge in [-0.1, -0.05) is 11.6 Å². The number of hydrogen-bond donors (Lipinski definition) is 1. The quantitative estimate of drug-likeness (QED) is 0.862. The third-order valence-electron chi connectivity index (χ3n) is 2.99. The van der Waals surface area contributed by atoms with Gasteiger partial charge in [-0.05, 0) is 38.2 Å². The molecule has 1 aromatic rings. The van der Waals surface area contributed by atoms with E-state index in [1.165, 1.54) is 17.7 Å². The Morgan fingerprint density at radius 1 is 1.60 bits per heavy atom. The molecular weight excluding hydrogens is 246 g/mol. The smallest absolute Gasteiger partial charge is 0.0931 e. The van der Waals surface area contributed by atoms with Crippen molar-refractivity contribution < 1.29 is 0 Å². The molecule has 1 aliphatic rings. The van der Waals surface area contributed by atoms with Crippen molar-refractivity contribution in [3.8, 4) is 0 Å². The fourth-order valence-electron chi connectivity index (χ4n) is 1.59. The standard InChI is InChI=1S/C11H16ClNS2/c1-8(9-3-4-10(12)15-9)13-7-11(14-2)5-6-11/h3-4,8,13H,5-7H2,1-2H3. The average Bonchev–Trinajstić information content (AvgIpc) is 2.90. The van der Waals surface area contributed by atoms with E-state index in [0.29, 0.717) is 10.8 Å². The molecule has 1 aliphatic carbocycles. The summed E-state index contributed by atoms with van der Waals surface area (Å²) in [4.78, 5) is 1.33. The number of thioether (sulfide) groups is 1. The molecule has 0 amide bonds. The number of nitrogens with one attached hydrogen (secondary N) is 1. The van der Waals surface area contributed by atoms with Crippen LogP contribution in [0.2, 0.25) is 4.34 Å². The zero-order chi connectivity index (χ0) is 10.9. The minimum absolute atomic E-state index is 0.423. The second-order valence-corrected chi connectivity index (χ2v) is 7.15. The summed E-state index contributed by atoms with van der Waals surface area (Å²) < 4.78 is 1.42. The van der Waals surface area contributed by atoms with Crippen LogP contribution in [0.25, 0.3) is 0 Å². The van der Waals surface area contributed by atoms with E-state index in [-0.39, 0.29) is 0 Å². The van der Waals surface area contributed by atoms with Crippen molar-refractivity contribution in [2.75, 3.05) is 12.8 Å². The molecule has 4 heteroatoms. The van der Waals surface area contributed by atoms with E-state index in [9.17, 15) is 0 Å². The second kappa shape index (κ2) is 4.66. The van der Waals surface area contributed by atoms with Crippen LogP contribution in [0.5, 0.6) is 0 Å². The second-order valence-electron chi connectivity index (χ2n) is 4.13. The molecule has 1 nitrogen and oxygen atoms in total. The normalized spacial score (nSPS) is 20.2. The van der Waals surface area contributed by atoms with Crippen LogP contribution in [0.1, 0.15) is 30.7 Å². The van der Waals surface area contributed by atoms with Gasteiger partial charge < -0.3 is 5.32 Å². The molecule has 1 atom stereocenters. The Morgan fingerprint density at radius 3 is 2.80 bits per heavy atom. The highest BCUT2D eigenvalue weighted by atomic mass is 35.5. The van der Waals surface area contributed by atoms with Crippen molar-refractivity contribution >= 4 is 34.7 Å². The zero-order valence-electron chi connectivity index (χ0n) is 9.05. The first-order valence-electron chi connectivity index (χ1n) is 5.19. The van der Waals surface area contributed by atoms with Gasteiger partial charge in [0, 0.05) is 22.2 Å². The number of rotatable bonds is 5. The zero-order valence-corrected chi connectivity index (χ0v) is 11.4. The summed E-state index contributed by atoms with van der Waals surface area (Å²) in [5, 5.41) is 3.60. The molecule has 0 aromatic carbocycles. The first-order valence-corrected chi connectivity index (χ1v) is 7.61. The molecule has 84 valence electrons. The fraction of sp³-hybridized carbons (Fsp3) is 0.636. The van der Waals surface area contributed by atoms with Gasteiger partial charge in [-0.3, -0.25) is 0 Å². The Hall–Kier alpha value is 0.300. The van der Waals surface area contributed by atoms with Gasteiger partial charge in [-0.15, -0.1) is 11.3 Å². The van der Waals surface area contributed by atoms with Crippen LogP contribution < -0.4 is 5.32 Å². The van der Waals surface area contributed by atoms with E-state index in [0.717, 1.165) is 10.9 Å². The van der Waals surface area contributed by atoms with E-state index in [1.54, 1.807) is 11.3 Å². The third-order valence-corrected chi connectivity index (χ3v) is 5.82. The first kappa shape index (κ1) is 11.8. The maximum atomic E-state index is 5.92. The van der Waals surface area contributed by atoms with Crippen LogP contribution in [0.4, 0.5) is 0 Å². The summed E-state index contributed by atoms with van der Waals surface area (Å²) in [5.41, 5.74) is 0. The van der Waals surface area contributed by atoms with Crippen molar-refractivity contribution in [3.05, 3.63) is 21.3 Å². The van der Waals surface area contributed by atoms with Crippen molar-refractivity contribution in [1.82, 2.24) is 5.32 Å². The van der Waals surface area contributed by atoms with Crippen LogP contribution in [0.15, 0.2) is 12.1 Å². The van der Waals surface area contributed by atoms with E-state index in [2.05, 4.69) is 24.6 Å². The molecule has 15 heavy (non-hydrogen) atoms. The largest absolute Gasteiger partial charge is 0.308 e. The molecule has 1 saturated carbocycles. The highest BCUT2D eigenvalue weighted by Gasteiger charge is 2.41. The molecule has 1 aromatic heterocycles. The SMILES string of the molecule is CSC1(CNC(C)c2ccc(Cl)s2)CC1. The van der Waals surface area contributed by atoms with Crippen LogP contribution in [0.3, 0.4) is 0 Å². The Balaban J connectivity index is 1.85. The Labute approximate surface area is 105 Å². The fourth-order valence-corrected chi connectivity index (χ4v) is 3.42. The summed E-state index contributed by atoms with van der Waals surface area (Å²) in [6.45, 7) is 3.32. The van der Waals surface area contributed by atoms with Crippen molar-refractivity contribution in [2.24, 2.45) is 0 Å². The third kappa shape index (κ3) is 2.90. The van der Waals surface area contributed by atoms with E-state index >= 15 is 0 Å². The van der Waals surface area contributed by atoms with Gasteiger partial charge in [0.05, 0.1) is 4.34 Å². The van der Waals surface area contributed by atoms with Crippen molar-refractivity contribution in [2.45, 2.75) is 30.6 Å². The summed E-state index contributed by atoms with van der Waals surface area (Å²) in [6.07, 6.45) is 4.93. The molecule has 0 radical (unpaired) electrons. The predicted octanol–water partition coefficient (Wildman–Crippen LogP) is 3.95. The molecule has 1 heterocycles. The number of hydrogen-bond acceptors (Lipinski definition) is 3. The number of halogens is 1. The lowest BCUT2D eigenvalue weighted by Gasteiger charge is -2.17. The van der Waals surface area contributed by atoms with Gasteiger partial charge in [0.15, 0.2) is 0 Å². The molecule has 0 bridgehead atoms. The lowest BCUT2D eigenvalue weighted by Crippen LogP contribution is -2.27. The van der Waals surface area contributed by atoms with Gasteiger partial charge in [0.25, 0.3) is 0 Å². The van der Waals surface area contributed by atoms with Crippen LogP contribution in [0, 0.1) is 0 Å². The average molecular weight is 262 g/mol. The predicted molar refractivity (Wildman–Crippen MR) is 71.2 cm³/mol. The van der Waals surface area contributed by atoms with Crippen molar-refractivity contribution in [1.29, 1.82) is 0 Å². The maximum Gasteiger partial charge on any atom is 0.0931 e. The van der Waals surface area contributed by atoms with Crippen LogP contribution in [-0.2, 0) is 0 Å². The molecule has 1 N–H and O–H groups in total. The van der Waals surface area contributed by atoms with E-state index in [1.807, 2.05) is 17.8 Å². The van der Waals surface area contributed by atoms with Gasteiger partial charge in [-0.2, -0.15) is 11.8 Å². The monoisotopic (exact) mass is 261 g/mol. The highest BCUT2D eigenvalue weighted by Crippen LogP contribution is 2.46. The van der Waals surface area contributed by atoms with Gasteiger partial charge >= 0.3 is 0 Å². The Kier molecular flexibility index (Phi) is 3.66. The number of thiophene rings is 1. The highest BCUT2D eigenvalue weighted by molar-refractivity contribution is 8.00. The molecular formula is C11H16ClNS2. The Morgan fingerprint density at radius 2 is 2.33 bits per heavy atom. The summed E-state index contributed by atoms with van der Waals surface area (Å²) in [5.74, 6) is 0. The van der Waals surface area contributed by atoms with E-state index in [4.69, 9.17) is 11.6 Å². The van der Waals surface area contributed by atoms with Crippen molar-refractivity contribution in [3.63, 3.8) is 0 Å². The molecule has 0 spiro atoms. The van der Waals surface area contributed by atoms with Crippen LogP contribution >= 0.6 is 34.7 Å². The summed E-state index contributed by atoms with van der Waals surface area (Å²) in [6, 6.07) is 4.51. The molecule has 1 unspecified atom stereocenters. The molecule has 0 aliphatic heterocycles. The summed E-state index contributed by atoms with van der Waals surface area (Å²) in [7, 11) is 0. The summed E-state index contributed by atoms with van der Waals surface area (Å²) >= 11 is 9.59. The molecule has 0 saturated heterocycles. The van der Waals surface area contributed by atoms with Crippen LogP contribution in [-0.4, -0.2) is 17.5 Å². The minimum Gasteiger partial charge on any atom is -0.308 e. The van der Waals surface area contributed by atoms with Gasteiger partial charge in [0.1, 0.15) is 0 Å².